The predicted octanol–water partition coefficient (Wildman–Crippen LogP) is -2.29. The van der Waals surface area contributed by atoms with Gasteiger partial charge < -0.3 is 0 Å². The molecule has 0 amide bonds. The van der Waals surface area contributed by atoms with Crippen LogP contribution in [0.4, 0.5) is 0 Å². The van der Waals surface area contributed by atoms with Crippen molar-refractivity contribution in [3.05, 3.63) is 0 Å². The van der Waals surface area contributed by atoms with Crippen LogP contribution in [-0.4, -0.2) is 30.7 Å². The van der Waals surface area contributed by atoms with Crippen molar-refractivity contribution < 1.29 is 0 Å². The molecule has 0 aliphatic carbocycles. The van der Waals surface area contributed by atoms with Crippen molar-refractivity contribution in [2.45, 2.75) is 17.6 Å². The number of hydrogen-bond donors (Lipinski definition) is 0. The Hall–Kier alpha value is 0.651. The topological polar surface area (TPSA) is 0 Å². The summed E-state index contributed by atoms with van der Waals surface area (Å²) in [6, 6.07) is 3.13. The van der Waals surface area contributed by atoms with Gasteiger partial charge >= 0.3 is 0 Å². The van der Waals surface area contributed by atoms with Gasteiger partial charge in [-0.1, -0.05) is 17.6 Å². The van der Waals surface area contributed by atoms with Gasteiger partial charge in [0.25, 0.3) is 0 Å². The van der Waals surface area contributed by atoms with Crippen LogP contribution in [0.3, 0.4) is 0 Å². The summed E-state index contributed by atoms with van der Waals surface area (Å²) >= 11 is 0. The smallest absolute Gasteiger partial charge is 0.00593 e. The summed E-state index contributed by atoms with van der Waals surface area (Å²) in [6.07, 6.45) is 0. The molecule has 38 valence electrons. The molecule has 0 spiro atoms. The Kier molecular flexibility index (Phi) is 4.24. The van der Waals surface area contributed by atoms with Crippen LogP contribution in [-0.2, 0) is 0 Å². The van der Waals surface area contributed by atoms with Crippen molar-refractivity contribution in [3.8, 4) is 0 Å². The Bertz CT molecular complexity index is 25.2. The number of rotatable bonds is 2. The summed E-state index contributed by atoms with van der Waals surface area (Å²) in [6.45, 7) is 0. The highest BCUT2D eigenvalue weighted by atomic mass is 28.2. The Morgan fingerprint density at radius 3 is 1.50 bits per heavy atom. The quantitative estimate of drug-likeness (QED) is 0.373. The minimum absolute atomic E-state index is 1.20. The molecule has 3 heteroatoms. The van der Waals surface area contributed by atoms with Crippen molar-refractivity contribution >= 4 is 30.7 Å². The molecule has 0 fully saturated rings. The molecule has 0 saturated carbocycles. The van der Waals surface area contributed by atoms with E-state index in [1.807, 2.05) is 0 Å². The van der Waals surface area contributed by atoms with Gasteiger partial charge in [-0.3, -0.25) is 0 Å². The van der Waals surface area contributed by atoms with Crippen LogP contribution in [0.5, 0.6) is 0 Å². The largest absolute Gasteiger partial charge is 0.0665 e. The monoisotopic (exact) mass is 134 g/mol. The highest BCUT2D eigenvalue weighted by Crippen LogP contribution is 2.04. The van der Waals surface area contributed by atoms with E-state index < -0.39 is 0 Å². The van der Waals surface area contributed by atoms with E-state index in [-0.39, 0.29) is 0 Å². The minimum Gasteiger partial charge on any atom is -0.0665 e. The SMILES string of the molecule is [SiH3]CC([SiH3])C[SiH3]. The molecule has 0 aromatic carbocycles. The highest BCUT2D eigenvalue weighted by Gasteiger charge is 1.89. The third-order valence-electron chi connectivity index (χ3n) is 1.39. The van der Waals surface area contributed by atoms with Crippen LogP contribution >= 0.6 is 0 Å². The van der Waals surface area contributed by atoms with Crippen LogP contribution in [0, 0.1) is 0 Å². The zero-order chi connectivity index (χ0) is 4.99. The first-order valence-electron chi connectivity index (χ1n) is 2.81. The molecule has 0 aromatic heterocycles. The Morgan fingerprint density at radius 2 is 1.50 bits per heavy atom. The molecule has 0 saturated heterocycles. The van der Waals surface area contributed by atoms with Gasteiger partial charge in [0.2, 0.25) is 0 Å². The maximum atomic E-state index is 1.57. The van der Waals surface area contributed by atoms with Crippen molar-refractivity contribution in [1.82, 2.24) is 0 Å². The molecule has 0 radical (unpaired) electrons. The van der Waals surface area contributed by atoms with E-state index in [2.05, 4.69) is 0 Å². The van der Waals surface area contributed by atoms with Gasteiger partial charge in [0.1, 0.15) is 0 Å². The summed E-state index contributed by atoms with van der Waals surface area (Å²) in [7, 11) is 4.34. The predicted molar refractivity (Wildman–Crippen MR) is 43.2 cm³/mol. The lowest BCUT2D eigenvalue weighted by molar-refractivity contribution is 1.07. The van der Waals surface area contributed by atoms with Crippen molar-refractivity contribution in [1.29, 1.82) is 0 Å². The van der Waals surface area contributed by atoms with Gasteiger partial charge in [0, 0.05) is 30.7 Å². The first kappa shape index (κ1) is 6.65. The maximum absolute atomic E-state index is 1.57. The fourth-order valence-electron chi connectivity index (χ4n) is 0.289. The summed E-state index contributed by atoms with van der Waals surface area (Å²) in [5.41, 5.74) is 1.20. The van der Waals surface area contributed by atoms with Gasteiger partial charge in [-0.25, -0.2) is 0 Å². The molecular formula is C3H14Si3. The second-order valence-corrected chi connectivity index (χ2v) is 5.19. The van der Waals surface area contributed by atoms with Crippen LogP contribution in [0.1, 0.15) is 0 Å². The standard InChI is InChI=1S/C3H14Si3/c4-1-3(6)2-5/h3H,1-2H2,4-6H3. The summed E-state index contributed by atoms with van der Waals surface area (Å²) < 4.78 is 0. The zero-order valence-corrected chi connectivity index (χ0v) is 11.0. The molecule has 0 heterocycles. The van der Waals surface area contributed by atoms with E-state index >= 15 is 0 Å². The Balaban J connectivity index is 2.75. The normalized spacial score (nSPS) is 16.0. The van der Waals surface area contributed by atoms with E-state index in [0.29, 0.717) is 0 Å². The second-order valence-electron chi connectivity index (χ2n) is 1.92. The molecular weight excluding hydrogens is 120 g/mol. The molecule has 0 aliphatic rings. The minimum atomic E-state index is 1.20. The maximum Gasteiger partial charge on any atom is 0.00593 e. The van der Waals surface area contributed by atoms with Crippen molar-refractivity contribution in [2.75, 3.05) is 0 Å². The van der Waals surface area contributed by atoms with E-state index in [4.69, 9.17) is 0 Å². The van der Waals surface area contributed by atoms with Gasteiger partial charge in [-0.15, -0.1) is 0 Å². The van der Waals surface area contributed by atoms with Crippen molar-refractivity contribution in [2.24, 2.45) is 0 Å². The lowest BCUT2D eigenvalue weighted by atomic mass is 10.5. The Morgan fingerprint density at radius 1 is 1.17 bits per heavy atom. The summed E-state index contributed by atoms with van der Waals surface area (Å²) in [5.74, 6) is 0. The molecule has 0 aliphatic heterocycles. The van der Waals surface area contributed by atoms with E-state index in [1.54, 1.807) is 12.1 Å². The van der Waals surface area contributed by atoms with Crippen molar-refractivity contribution in [3.63, 3.8) is 0 Å². The van der Waals surface area contributed by atoms with Gasteiger partial charge in [-0.2, -0.15) is 0 Å². The molecule has 0 nitrogen and oxygen atoms in total. The third kappa shape index (κ3) is 2.87. The molecule has 0 aromatic rings. The molecule has 0 atom stereocenters. The summed E-state index contributed by atoms with van der Waals surface area (Å²) in [5, 5.41) is 0. The van der Waals surface area contributed by atoms with Crippen LogP contribution in [0.2, 0.25) is 17.6 Å². The lowest BCUT2D eigenvalue weighted by Gasteiger charge is -1.98. The Labute approximate surface area is 49.0 Å². The van der Waals surface area contributed by atoms with Crippen LogP contribution in [0.25, 0.3) is 0 Å². The van der Waals surface area contributed by atoms with Gasteiger partial charge in [-0.05, 0) is 0 Å². The molecule has 0 N–H and O–H groups in total. The van der Waals surface area contributed by atoms with Gasteiger partial charge in [0.15, 0.2) is 0 Å². The third-order valence-corrected chi connectivity index (χ3v) is 9.08. The zero-order valence-electron chi connectivity index (χ0n) is 4.99. The summed E-state index contributed by atoms with van der Waals surface area (Å²) in [4.78, 5) is 0. The van der Waals surface area contributed by atoms with E-state index in [1.165, 1.54) is 36.3 Å². The fraction of sp³-hybridized carbons (Fsp3) is 1.00. The van der Waals surface area contributed by atoms with Crippen LogP contribution in [0.15, 0.2) is 0 Å². The second kappa shape index (κ2) is 3.83. The molecule has 0 bridgehead atoms. The first-order chi connectivity index (χ1) is 2.81. The van der Waals surface area contributed by atoms with E-state index in [0.717, 1.165) is 0 Å². The fourth-order valence-corrected chi connectivity index (χ4v) is 2.60. The van der Waals surface area contributed by atoms with Crippen LogP contribution < -0.4 is 0 Å². The molecule has 6 heavy (non-hydrogen) atoms. The average Bonchev–Trinajstić information content (AvgIpc) is 1.65. The molecule has 0 unspecified atom stereocenters. The first-order valence-corrected chi connectivity index (χ1v) is 6.79. The highest BCUT2D eigenvalue weighted by molar-refractivity contribution is 6.23. The lowest BCUT2D eigenvalue weighted by Crippen LogP contribution is -1.87. The average molecular weight is 134 g/mol. The van der Waals surface area contributed by atoms with Gasteiger partial charge in [0.05, 0.1) is 0 Å². The number of hydrogen-bond acceptors (Lipinski definition) is 0. The molecule has 0 rings (SSSR count). The van der Waals surface area contributed by atoms with E-state index in [9.17, 15) is 0 Å².